The van der Waals surface area contributed by atoms with Crippen LogP contribution in [0.2, 0.25) is 0 Å². The quantitative estimate of drug-likeness (QED) is 0.341. The van der Waals surface area contributed by atoms with Gasteiger partial charge in [-0.15, -0.1) is 10.2 Å². The second-order valence-electron chi connectivity index (χ2n) is 6.99. The first-order valence-electron chi connectivity index (χ1n) is 10.2. The fourth-order valence-corrected chi connectivity index (χ4v) is 4.50. The van der Waals surface area contributed by atoms with Crippen molar-refractivity contribution in [3.63, 3.8) is 0 Å². The van der Waals surface area contributed by atoms with Crippen LogP contribution < -0.4 is 9.47 Å². The van der Waals surface area contributed by atoms with Crippen LogP contribution in [0.3, 0.4) is 0 Å². The maximum atomic E-state index is 13.4. The van der Waals surface area contributed by atoms with Crippen LogP contribution in [-0.4, -0.2) is 36.6 Å². The van der Waals surface area contributed by atoms with Crippen molar-refractivity contribution in [2.24, 2.45) is 0 Å². The van der Waals surface area contributed by atoms with E-state index in [0.29, 0.717) is 29.4 Å². The molecule has 0 aliphatic carbocycles. The fourth-order valence-electron chi connectivity index (χ4n) is 3.14. The lowest BCUT2D eigenvalue weighted by molar-refractivity contribution is 0.325. The van der Waals surface area contributed by atoms with E-state index in [9.17, 15) is 8.42 Å². The van der Waals surface area contributed by atoms with Crippen LogP contribution >= 0.6 is 0 Å². The Morgan fingerprint density at radius 2 is 1.67 bits per heavy atom. The molecule has 2 aromatic carbocycles. The molecule has 0 spiro atoms. The lowest BCUT2D eigenvalue weighted by Gasteiger charge is -2.19. The first kappa shape index (κ1) is 22.6. The molecule has 0 aliphatic rings. The van der Waals surface area contributed by atoms with E-state index in [4.69, 9.17) is 18.3 Å². The van der Waals surface area contributed by atoms with Crippen LogP contribution in [0.15, 0.2) is 80.7 Å². The van der Waals surface area contributed by atoms with Gasteiger partial charge in [0.1, 0.15) is 17.3 Å². The van der Waals surface area contributed by atoms with E-state index in [1.54, 1.807) is 55.6 Å². The van der Waals surface area contributed by atoms with Crippen molar-refractivity contribution in [2.45, 2.75) is 24.9 Å². The molecule has 4 rings (SSSR count). The molecule has 33 heavy (non-hydrogen) atoms. The number of furan rings is 1. The summed E-state index contributed by atoms with van der Waals surface area (Å²) in [4.78, 5) is 0.118. The Bertz CT molecular complexity index is 1270. The summed E-state index contributed by atoms with van der Waals surface area (Å²) in [6.45, 7) is 2.23. The normalized spacial score (nSPS) is 11.6. The van der Waals surface area contributed by atoms with Gasteiger partial charge in [-0.3, -0.25) is 0 Å². The number of benzene rings is 2. The molecule has 0 aliphatic heterocycles. The standard InChI is InChI=1S/C23H23N3O6S/c1-3-30-19-10-12-21(13-11-19)33(27,28)26(15-20-5-4-14-31-20)16-22-24-25-23(32-22)17-6-8-18(29-2)9-7-17/h4-14H,3,15-16H2,1-2H3. The molecule has 0 fully saturated rings. The molecule has 2 aromatic heterocycles. The van der Waals surface area contributed by atoms with Crippen LogP contribution in [0, 0.1) is 0 Å². The first-order valence-corrected chi connectivity index (χ1v) is 11.7. The van der Waals surface area contributed by atoms with Gasteiger partial charge < -0.3 is 18.3 Å². The summed E-state index contributed by atoms with van der Waals surface area (Å²) >= 11 is 0. The Balaban J connectivity index is 1.60. The van der Waals surface area contributed by atoms with Crippen LogP contribution in [-0.2, 0) is 23.1 Å². The third kappa shape index (κ3) is 5.24. The van der Waals surface area contributed by atoms with Crippen molar-refractivity contribution >= 4 is 10.0 Å². The smallest absolute Gasteiger partial charge is 0.247 e. The van der Waals surface area contributed by atoms with Gasteiger partial charge in [-0.05, 0) is 67.6 Å². The number of methoxy groups -OCH3 is 1. The minimum absolute atomic E-state index is 0.00277. The Kier molecular flexibility index (Phi) is 6.76. The van der Waals surface area contributed by atoms with Gasteiger partial charge in [0.25, 0.3) is 0 Å². The van der Waals surface area contributed by atoms with E-state index in [0.717, 1.165) is 0 Å². The highest BCUT2D eigenvalue weighted by Crippen LogP contribution is 2.25. The van der Waals surface area contributed by atoms with E-state index in [-0.39, 0.29) is 29.8 Å². The monoisotopic (exact) mass is 469 g/mol. The number of rotatable bonds is 10. The van der Waals surface area contributed by atoms with Gasteiger partial charge in [0.05, 0.1) is 38.0 Å². The zero-order valence-corrected chi connectivity index (χ0v) is 19.0. The molecule has 4 aromatic rings. The van der Waals surface area contributed by atoms with Crippen LogP contribution in [0.5, 0.6) is 11.5 Å². The third-order valence-electron chi connectivity index (χ3n) is 4.80. The fraction of sp³-hybridized carbons (Fsp3) is 0.217. The Morgan fingerprint density at radius 3 is 2.30 bits per heavy atom. The maximum Gasteiger partial charge on any atom is 0.247 e. The summed E-state index contributed by atoms with van der Waals surface area (Å²) in [5.74, 6) is 2.21. The summed E-state index contributed by atoms with van der Waals surface area (Å²) in [6.07, 6.45) is 1.49. The van der Waals surface area contributed by atoms with Crippen molar-refractivity contribution < 1.29 is 26.7 Å². The number of aromatic nitrogens is 2. The number of ether oxygens (including phenoxy) is 2. The molecule has 0 atom stereocenters. The zero-order chi connectivity index (χ0) is 23.3. The highest BCUT2D eigenvalue weighted by Gasteiger charge is 2.28. The second-order valence-corrected chi connectivity index (χ2v) is 8.92. The lowest BCUT2D eigenvalue weighted by Crippen LogP contribution is -2.30. The number of nitrogens with zero attached hydrogens (tertiary/aromatic N) is 3. The molecule has 0 amide bonds. The van der Waals surface area contributed by atoms with Crippen molar-refractivity contribution in [1.82, 2.24) is 14.5 Å². The minimum atomic E-state index is -3.90. The molecule has 0 bridgehead atoms. The van der Waals surface area contributed by atoms with Crippen LogP contribution in [0.1, 0.15) is 18.6 Å². The van der Waals surface area contributed by atoms with Crippen molar-refractivity contribution in [2.75, 3.05) is 13.7 Å². The average Bonchev–Trinajstić information content (AvgIpc) is 3.52. The van der Waals surface area contributed by atoms with E-state index in [2.05, 4.69) is 10.2 Å². The first-order chi connectivity index (χ1) is 16.0. The molecule has 2 heterocycles. The van der Waals surface area contributed by atoms with E-state index >= 15 is 0 Å². The lowest BCUT2D eigenvalue weighted by atomic mass is 10.2. The topological polar surface area (TPSA) is 108 Å². The predicted molar refractivity (Wildman–Crippen MR) is 119 cm³/mol. The van der Waals surface area contributed by atoms with Crippen LogP contribution in [0.25, 0.3) is 11.5 Å². The van der Waals surface area contributed by atoms with Crippen molar-refractivity contribution in [3.8, 4) is 23.0 Å². The molecule has 0 unspecified atom stereocenters. The molecule has 10 heteroatoms. The Labute approximate surface area is 191 Å². The second kappa shape index (κ2) is 9.88. The van der Waals surface area contributed by atoms with Crippen molar-refractivity contribution in [1.29, 1.82) is 0 Å². The van der Waals surface area contributed by atoms with Gasteiger partial charge in [-0.2, -0.15) is 4.31 Å². The summed E-state index contributed by atoms with van der Waals surface area (Å²) < 4.78 is 49.8. The number of hydrogen-bond acceptors (Lipinski definition) is 8. The van der Waals surface area contributed by atoms with E-state index in [1.165, 1.54) is 22.7 Å². The molecule has 172 valence electrons. The molecular weight excluding hydrogens is 446 g/mol. The SMILES string of the molecule is CCOc1ccc(S(=O)(=O)N(Cc2ccco2)Cc2nnc(-c3ccc(OC)cc3)o2)cc1. The average molecular weight is 470 g/mol. The molecule has 0 saturated heterocycles. The zero-order valence-electron chi connectivity index (χ0n) is 18.2. The Morgan fingerprint density at radius 1 is 0.939 bits per heavy atom. The summed E-state index contributed by atoms with van der Waals surface area (Å²) in [5.41, 5.74) is 0.696. The van der Waals surface area contributed by atoms with Gasteiger partial charge in [0.2, 0.25) is 21.8 Å². The highest BCUT2D eigenvalue weighted by atomic mass is 32.2. The van der Waals surface area contributed by atoms with Gasteiger partial charge >= 0.3 is 0 Å². The molecule has 9 nitrogen and oxygen atoms in total. The molecule has 0 N–H and O–H groups in total. The highest BCUT2D eigenvalue weighted by molar-refractivity contribution is 7.89. The third-order valence-corrected chi connectivity index (χ3v) is 6.61. The maximum absolute atomic E-state index is 13.4. The van der Waals surface area contributed by atoms with Crippen LogP contribution in [0.4, 0.5) is 0 Å². The number of hydrogen-bond donors (Lipinski definition) is 0. The summed E-state index contributed by atoms with van der Waals surface area (Å²) in [6, 6.07) is 16.8. The van der Waals surface area contributed by atoms with Gasteiger partial charge in [-0.1, -0.05) is 0 Å². The number of sulfonamides is 1. The molecular formula is C23H23N3O6S. The van der Waals surface area contributed by atoms with Gasteiger partial charge in [-0.25, -0.2) is 8.42 Å². The summed E-state index contributed by atoms with van der Waals surface area (Å²) in [7, 11) is -2.32. The minimum Gasteiger partial charge on any atom is -0.497 e. The predicted octanol–water partition coefficient (Wildman–Crippen LogP) is 4.13. The van der Waals surface area contributed by atoms with Crippen molar-refractivity contribution in [3.05, 3.63) is 78.6 Å². The largest absolute Gasteiger partial charge is 0.497 e. The van der Waals surface area contributed by atoms with E-state index in [1.807, 2.05) is 6.92 Å². The molecule has 0 saturated carbocycles. The van der Waals surface area contributed by atoms with Gasteiger partial charge in [0, 0.05) is 5.56 Å². The van der Waals surface area contributed by atoms with E-state index < -0.39 is 10.0 Å². The molecule has 0 radical (unpaired) electrons. The van der Waals surface area contributed by atoms with Gasteiger partial charge in [0.15, 0.2) is 0 Å². The summed E-state index contributed by atoms with van der Waals surface area (Å²) in [5, 5.41) is 8.11. The Hall–Kier alpha value is -3.63.